The van der Waals surface area contributed by atoms with E-state index in [1.165, 1.54) is 52.9 Å². The highest BCUT2D eigenvalue weighted by Crippen LogP contribution is 2.27. The van der Waals surface area contributed by atoms with Crippen molar-refractivity contribution < 1.29 is 33.1 Å². The average molecular weight is 594 g/mol. The topological polar surface area (TPSA) is 130 Å². The number of aromatic hydroxyl groups is 1. The van der Waals surface area contributed by atoms with E-state index in [4.69, 9.17) is 20.5 Å². The third-order valence-electron chi connectivity index (χ3n) is 7.15. The molecule has 1 saturated heterocycles. The van der Waals surface area contributed by atoms with Crippen molar-refractivity contribution >= 4 is 12.3 Å². The summed E-state index contributed by atoms with van der Waals surface area (Å²) in [5.74, 6) is 0.274. The second-order valence-electron chi connectivity index (χ2n) is 10.7. The molecule has 3 unspecified atom stereocenters. The summed E-state index contributed by atoms with van der Waals surface area (Å²) < 4.78 is 32.1. The summed E-state index contributed by atoms with van der Waals surface area (Å²) in [4.78, 5) is 22.1. The molecule has 2 amide bonds. The zero-order valence-corrected chi connectivity index (χ0v) is 24.4. The molecule has 5 rings (SSSR count). The van der Waals surface area contributed by atoms with E-state index in [2.05, 4.69) is 44.1 Å². The van der Waals surface area contributed by atoms with Gasteiger partial charge in [-0.25, -0.2) is 8.78 Å². The normalized spacial score (nSPS) is 16.5. The molecular weight excluding hydrogens is 556 g/mol. The molecule has 2 heterocycles. The number of phenols is 1. The maximum absolute atomic E-state index is 13.3. The SMILES string of the molecule is CC(C)C(C)c1cc(Cc2ccccc2)no1.NC(=O)C1CC(O)CN1C=O.Oc1ccc(-c2c(F)cccc2F)cc1. The molecule has 8 nitrogen and oxygen atoms in total. The van der Waals surface area contributed by atoms with E-state index in [9.17, 15) is 18.4 Å². The Morgan fingerprint density at radius 2 is 1.67 bits per heavy atom. The number of phenolic OH excluding ortho intramolecular Hbond substituents is 1. The van der Waals surface area contributed by atoms with Crippen LogP contribution in [0.25, 0.3) is 11.1 Å². The van der Waals surface area contributed by atoms with E-state index in [1.54, 1.807) is 0 Å². The summed E-state index contributed by atoms with van der Waals surface area (Å²) in [6.07, 6.45) is 1.02. The summed E-state index contributed by atoms with van der Waals surface area (Å²) >= 11 is 0. The minimum Gasteiger partial charge on any atom is -0.508 e. The number of amides is 2. The Hall–Kier alpha value is -4.57. The van der Waals surface area contributed by atoms with E-state index in [0.717, 1.165) is 17.9 Å². The van der Waals surface area contributed by atoms with Crippen LogP contribution < -0.4 is 5.73 Å². The first-order valence-corrected chi connectivity index (χ1v) is 13.9. The number of aliphatic hydroxyl groups is 1. The van der Waals surface area contributed by atoms with Crippen LogP contribution in [0.2, 0.25) is 0 Å². The van der Waals surface area contributed by atoms with Crippen LogP contribution in [0.15, 0.2) is 83.4 Å². The zero-order chi connectivity index (χ0) is 31.5. The molecule has 0 saturated carbocycles. The Morgan fingerprint density at radius 1 is 1.05 bits per heavy atom. The fourth-order valence-electron chi connectivity index (χ4n) is 4.40. The van der Waals surface area contributed by atoms with E-state index in [-0.39, 0.29) is 24.3 Å². The van der Waals surface area contributed by atoms with Crippen molar-refractivity contribution in [1.82, 2.24) is 10.1 Å². The molecule has 1 aliphatic heterocycles. The largest absolute Gasteiger partial charge is 0.508 e. The van der Waals surface area contributed by atoms with E-state index >= 15 is 0 Å². The second-order valence-corrected chi connectivity index (χ2v) is 10.7. The third-order valence-corrected chi connectivity index (χ3v) is 7.15. The number of likely N-dealkylation sites (tertiary alicyclic amines) is 1. The molecule has 0 spiro atoms. The highest BCUT2D eigenvalue weighted by Gasteiger charge is 2.33. The van der Waals surface area contributed by atoms with Gasteiger partial charge in [0.05, 0.1) is 17.4 Å². The summed E-state index contributed by atoms with van der Waals surface area (Å²) in [7, 11) is 0. The predicted molar refractivity (Wildman–Crippen MR) is 159 cm³/mol. The summed E-state index contributed by atoms with van der Waals surface area (Å²) in [5, 5.41) is 22.2. The van der Waals surface area contributed by atoms with Crippen molar-refractivity contribution in [2.75, 3.05) is 6.54 Å². The van der Waals surface area contributed by atoms with Gasteiger partial charge in [-0.1, -0.05) is 74.5 Å². The van der Waals surface area contributed by atoms with Crippen LogP contribution in [0.1, 0.15) is 50.1 Å². The second kappa shape index (κ2) is 15.6. The number of halogens is 2. The quantitative estimate of drug-likeness (QED) is 0.245. The Morgan fingerprint density at radius 3 is 2.21 bits per heavy atom. The molecule has 4 aromatic rings. The minimum atomic E-state index is -0.623. The highest BCUT2D eigenvalue weighted by molar-refractivity contribution is 5.82. The number of benzene rings is 3. The molecule has 3 aromatic carbocycles. The van der Waals surface area contributed by atoms with Crippen LogP contribution in [0, 0.1) is 17.6 Å². The van der Waals surface area contributed by atoms with Crippen LogP contribution in [0.4, 0.5) is 8.78 Å². The molecule has 228 valence electrons. The molecule has 1 fully saturated rings. The summed E-state index contributed by atoms with van der Waals surface area (Å²) in [6.45, 7) is 6.78. The number of nitrogens with two attached hydrogens (primary N) is 1. The maximum Gasteiger partial charge on any atom is 0.240 e. The highest BCUT2D eigenvalue weighted by atomic mass is 19.1. The van der Waals surface area contributed by atoms with Gasteiger partial charge in [-0.15, -0.1) is 0 Å². The maximum atomic E-state index is 13.3. The molecule has 10 heteroatoms. The number of hydrogen-bond acceptors (Lipinski definition) is 6. The lowest BCUT2D eigenvalue weighted by Crippen LogP contribution is -2.39. The number of aliphatic hydroxyl groups excluding tert-OH is 1. The number of primary amides is 1. The molecule has 3 atom stereocenters. The molecule has 0 radical (unpaired) electrons. The third kappa shape index (κ3) is 9.47. The van der Waals surface area contributed by atoms with Crippen LogP contribution in [-0.4, -0.2) is 51.3 Å². The fourth-order valence-corrected chi connectivity index (χ4v) is 4.40. The molecule has 4 N–H and O–H groups in total. The van der Waals surface area contributed by atoms with Gasteiger partial charge in [-0.2, -0.15) is 0 Å². The molecule has 1 aromatic heterocycles. The van der Waals surface area contributed by atoms with E-state index in [0.29, 0.717) is 23.8 Å². The van der Waals surface area contributed by atoms with E-state index < -0.39 is 29.7 Å². The van der Waals surface area contributed by atoms with Crippen molar-refractivity contribution in [2.24, 2.45) is 11.7 Å². The number of nitrogens with zero attached hydrogens (tertiary/aromatic N) is 2. The van der Waals surface area contributed by atoms with Crippen molar-refractivity contribution in [1.29, 1.82) is 0 Å². The molecular formula is C33H37F2N3O5. The van der Waals surface area contributed by atoms with Gasteiger partial charge in [0, 0.05) is 31.4 Å². The molecule has 0 aliphatic carbocycles. The first-order chi connectivity index (χ1) is 20.5. The first kappa shape index (κ1) is 32.9. The van der Waals surface area contributed by atoms with Gasteiger partial charge >= 0.3 is 0 Å². The van der Waals surface area contributed by atoms with Gasteiger partial charge in [-0.05, 0) is 41.3 Å². The number of carbonyl (C=O) groups excluding carboxylic acids is 2. The lowest BCUT2D eigenvalue weighted by molar-refractivity contribution is -0.129. The van der Waals surface area contributed by atoms with Gasteiger partial charge in [0.15, 0.2) is 0 Å². The fraction of sp³-hybridized carbons (Fsp3) is 0.303. The van der Waals surface area contributed by atoms with Crippen molar-refractivity contribution in [2.45, 2.75) is 51.7 Å². The Balaban J connectivity index is 0.000000181. The first-order valence-electron chi connectivity index (χ1n) is 13.9. The van der Waals surface area contributed by atoms with Crippen LogP contribution >= 0.6 is 0 Å². The van der Waals surface area contributed by atoms with Crippen molar-refractivity contribution in [3.8, 4) is 16.9 Å². The Bertz CT molecular complexity index is 1440. The monoisotopic (exact) mass is 593 g/mol. The van der Waals surface area contributed by atoms with Crippen molar-refractivity contribution in [3.63, 3.8) is 0 Å². The number of β-amino-alcohol motifs (C(OH)–C–C–N with tert-alkyl or cyclic N) is 1. The average Bonchev–Trinajstić information content (AvgIpc) is 3.61. The van der Waals surface area contributed by atoms with Crippen LogP contribution in [0.5, 0.6) is 5.75 Å². The lowest BCUT2D eigenvalue weighted by atomic mass is 9.95. The van der Waals surface area contributed by atoms with Crippen molar-refractivity contribution in [3.05, 3.63) is 108 Å². The number of hydrogen-bond donors (Lipinski definition) is 3. The zero-order valence-electron chi connectivity index (χ0n) is 24.4. The number of rotatable bonds is 7. The molecule has 0 bridgehead atoms. The Kier molecular flexibility index (Phi) is 11.9. The standard InChI is InChI=1S/C15H19NO.C12H8F2O.C6H10N2O3/c1-11(2)12(3)15-10-14(16-17-15)9-13-7-5-4-6-8-13;13-10-2-1-3-11(14)12(10)8-4-6-9(15)7-5-8;7-6(11)5-1-4(10)2-8(5)3-9/h4-8,10-12H,9H2,1-3H3;1-7,15H;3-5,10H,1-2H2,(H2,7,11). The predicted octanol–water partition coefficient (Wildman–Crippen LogP) is 5.43. The molecule has 1 aliphatic rings. The summed E-state index contributed by atoms with van der Waals surface area (Å²) in [5.41, 5.74) is 7.59. The van der Waals surface area contributed by atoms with Gasteiger partial charge in [0.2, 0.25) is 12.3 Å². The van der Waals surface area contributed by atoms with Gasteiger partial charge in [0.1, 0.15) is 29.2 Å². The van der Waals surface area contributed by atoms with Gasteiger partial charge in [-0.3, -0.25) is 9.59 Å². The lowest BCUT2D eigenvalue weighted by Gasteiger charge is -2.14. The van der Waals surface area contributed by atoms with Gasteiger partial charge in [0.25, 0.3) is 0 Å². The van der Waals surface area contributed by atoms with Crippen LogP contribution in [0.3, 0.4) is 0 Å². The number of aromatic nitrogens is 1. The van der Waals surface area contributed by atoms with E-state index in [1.807, 2.05) is 18.2 Å². The van der Waals surface area contributed by atoms with Gasteiger partial charge < -0.3 is 25.4 Å². The minimum absolute atomic E-state index is 0.0653. The smallest absolute Gasteiger partial charge is 0.240 e. The molecule has 43 heavy (non-hydrogen) atoms. The summed E-state index contributed by atoms with van der Waals surface area (Å²) in [6, 6.07) is 21.2. The number of carbonyl (C=O) groups is 2. The Labute approximate surface area is 249 Å². The van der Waals surface area contributed by atoms with Crippen LogP contribution in [-0.2, 0) is 16.0 Å².